The fourth-order valence-corrected chi connectivity index (χ4v) is 5.41. The predicted molar refractivity (Wildman–Crippen MR) is 108 cm³/mol. The van der Waals surface area contributed by atoms with Gasteiger partial charge in [0.15, 0.2) is 0 Å². The van der Waals surface area contributed by atoms with Crippen molar-refractivity contribution in [1.29, 1.82) is 0 Å². The average molecular weight is 378 g/mol. The van der Waals surface area contributed by atoms with Crippen LogP contribution in [0.2, 0.25) is 0 Å². The molecule has 0 N–H and O–H groups in total. The lowest BCUT2D eigenvalue weighted by atomic mass is 10.0. The number of likely N-dealkylation sites (tertiary alicyclic amines) is 3. The molecule has 5 heteroatoms. The average Bonchev–Trinajstić information content (AvgIpc) is 3.32. The summed E-state index contributed by atoms with van der Waals surface area (Å²) in [6.45, 7) is 13.6. The van der Waals surface area contributed by atoms with E-state index in [2.05, 4.69) is 44.4 Å². The molecular weight excluding hydrogens is 338 g/mol. The van der Waals surface area contributed by atoms with Gasteiger partial charge in [0.2, 0.25) is 11.8 Å². The highest BCUT2D eigenvalue weighted by atomic mass is 16.2. The van der Waals surface area contributed by atoms with Crippen LogP contribution in [0.1, 0.15) is 79.6 Å². The van der Waals surface area contributed by atoms with Gasteiger partial charge in [0.1, 0.15) is 6.04 Å². The molecule has 3 rings (SSSR count). The summed E-state index contributed by atoms with van der Waals surface area (Å²) in [5.74, 6) is 1.01. The quantitative estimate of drug-likeness (QED) is 0.755. The summed E-state index contributed by atoms with van der Waals surface area (Å²) in [5.41, 5.74) is -0.00658. The van der Waals surface area contributed by atoms with E-state index in [4.69, 9.17) is 0 Å². The molecule has 3 unspecified atom stereocenters. The molecule has 0 aromatic carbocycles. The predicted octanol–water partition coefficient (Wildman–Crippen LogP) is 3.28. The molecule has 154 valence electrons. The Bertz CT molecular complexity index is 554. The lowest BCUT2D eigenvalue weighted by Crippen LogP contribution is -2.56. The summed E-state index contributed by atoms with van der Waals surface area (Å²) < 4.78 is 0. The van der Waals surface area contributed by atoms with Crippen LogP contribution < -0.4 is 0 Å². The van der Waals surface area contributed by atoms with Crippen molar-refractivity contribution in [2.45, 2.75) is 103 Å². The monoisotopic (exact) mass is 377 g/mol. The molecule has 3 aliphatic rings. The van der Waals surface area contributed by atoms with E-state index < -0.39 is 0 Å². The van der Waals surface area contributed by atoms with Crippen LogP contribution >= 0.6 is 0 Å². The Morgan fingerprint density at radius 3 is 2.07 bits per heavy atom. The molecule has 5 nitrogen and oxygen atoms in total. The molecule has 0 aromatic heterocycles. The Hall–Kier alpha value is -1.10. The van der Waals surface area contributed by atoms with Crippen molar-refractivity contribution in [2.75, 3.05) is 19.6 Å². The number of rotatable bonds is 4. The minimum atomic E-state index is -0.229. The number of hydrogen-bond donors (Lipinski definition) is 0. The van der Waals surface area contributed by atoms with Crippen molar-refractivity contribution in [3.63, 3.8) is 0 Å². The highest BCUT2D eigenvalue weighted by Gasteiger charge is 2.45. The second-order valence-electron chi connectivity index (χ2n) is 10.2. The van der Waals surface area contributed by atoms with Gasteiger partial charge in [-0.3, -0.25) is 14.5 Å². The van der Waals surface area contributed by atoms with Crippen LogP contribution in [-0.2, 0) is 9.59 Å². The summed E-state index contributed by atoms with van der Waals surface area (Å²) in [7, 11) is 0. The van der Waals surface area contributed by atoms with Gasteiger partial charge in [-0.1, -0.05) is 13.8 Å². The Morgan fingerprint density at radius 1 is 0.852 bits per heavy atom. The maximum absolute atomic E-state index is 13.4. The van der Waals surface area contributed by atoms with Crippen molar-refractivity contribution in [1.82, 2.24) is 14.7 Å². The first-order valence-electron chi connectivity index (χ1n) is 11.1. The number of amides is 2. The van der Waals surface area contributed by atoms with Crippen LogP contribution in [0.5, 0.6) is 0 Å². The van der Waals surface area contributed by atoms with Crippen molar-refractivity contribution in [2.24, 2.45) is 5.92 Å². The second-order valence-corrected chi connectivity index (χ2v) is 10.2. The Labute approximate surface area is 165 Å². The second kappa shape index (κ2) is 8.10. The third kappa shape index (κ3) is 4.33. The van der Waals surface area contributed by atoms with E-state index in [1.54, 1.807) is 0 Å². The van der Waals surface area contributed by atoms with E-state index in [1.807, 2.05) is 4.90 Å². The van der Waals surface area contributed by atoms with Crippen molar-refractivity contribution in [3.8, 4) is 0 Å². The van der Waals surface area contributed by atoms with E-state index in [9.17, 15) is 9.59 Å². The first kappa shape index (κ1) is 20.6. The van der Waals surface area contributed by atoms with E-state index in [-0.39, 0.29) is 29.4 Å². The standard InChI is InChI=1S/C22H39N3O2/c1-16(2)15-17-9-6-12-23(17)20(26)18-10-7-13-24(18)21(27)19-11-8-14-25(19)22(3,4)5/h16-19H,6-15H2,1-5H3. The topological polar surface area (TPSA) is 43.9 Å². The Kier molecular flexibility index (Phi) is 6.19. The molecule has 3 heterocycles. The zero-order valence-electron chi connectivity index (χ0n) is 18.0. The highest BCUT2D eigenvalue weighted by molar-refractivity contribution is 5.91. The van der Waals surface area contributed by atoms with Gasteiger partial charge in [-0.05, 0) is 78.2 Å². The number of nitrogens with zero attached hydrogens (tertiary/aromatic N) is 3. The molecular formula is C22H39N3O2. The minimum absolute atomic E-state index is 0.00658. The van der Waals surface area contributed by atoms with Crippen LogP contribution in [0.15, 0.2) is 0 Å². The molecule has 3 aliphatic heterocycles. The number of hydrogen-bond acceptors (Lipinski definition) is 3. The largest absolute Gasteiger partial charge is 0.338 e. The lowest BCUT2D eigenvalue weighted by molar-refractivity contribution is -0.147. The minimum Gasteiger partial charge on any atom is -0.338 e. The van der Waals surface area contributed by atoms with Gasteiger partial charge in [0.05, 0.1) is 6.04 Å². The van der Waals surface area contributed by atoms with Gasteiger partial charge >= 0.3 is 0 Å². The maximum Gasteiger partial charge on any atom is 0.245 e. The zero-order valence-corrected chi connectivity index (χ0v) is 18.0. The van der Waals surface area contributed by atoms with Gasteiger partial charge in [-0.15, -0.1) is 0 Å². The molecule has 3 fully saturated rings. The van der Waals surface area contributed by atoms with Gasteiger partial charge in [-0.25, -0.2) is 0 Å². The fraction of sp³-hybridized carbons (Fsp3) is 0.909. The molecule has 0 radical (unpaired) electrons. The SMILES string of the molecule is CC(C)CC1CCCN1C(=O)C1CCCN1C(=O)C1CCCN1C(C)(C)C. The van der Waals surface area contributed by atoms with Gasteiger partial charge in [0.25, 0.3) is 0 Å². The van der Waals surface area contributed by atoms with Crippen LogP contribution in [0.3, 0.4) is 0 Å². The smallest absolute Gasteiger partial charge is 0.245 e. The van der Waals surface area contributed by atoms with E-state index >= 15 is 0 Å². The highest BCUT2D eigenvalue weighted by Crippen LogP contribution is 2.32. The number of carbonyl (C=O) groups excluding carboxylic acids is 2. The van der Waals surface area contributed by atoms with Gasteiger partial charge in [-0.2, -0.15) is 0 Å². The molecule has 0 bridgehead atoms. The van der Waals surface area contributed by atoms with Crippen molar-refractivity contribution < 1.29 is 9.59 Å². The summed E-state index contributed by atoms with van der Waals surface area (Å²) in [5, 5.41) is 0. The summed E-state index contributed by atoms with van der Waals surface area (Å²) in [6, 6.07) is 0.0868. The molecule has 0 saturated carbocycles. The summed E-state index contributed by atoms with van der Waals surface area (Å²) in [4.78, 5) is 33.1. The van der Waals surface area contributed by atoms with Crippen LogP contribution in [0.25, 0.3) is 0 Å². The summed E-state index contributed by atoms with van der Waals surface area (Å²) in [6.07, 6.45) is 7.07. The van der Waals surface area contributed by atoms with Crippen molar-refractivity contribution >= 4 is 11.8 Å². The Balaban J connectivity index is 1.71. The van der Waals surface area contributed by atoms with E-state index in [0.29, 0.717) is 12.0 Å². The van der Waals surface area contributed by atoms with Crippen LogP contribution in [-0.4, -0.2) is 69.8 Å². The van der Waals surface area contributed by atoms with Gasteiger partial charge < -0.3 is 9.80 Å². The lowest BCUT2D eigenvalue weighted by Gasteiger charge is -2.39. The fourth-order valence-electron chi connectivity index (χ4n) is 5.41. The van der Waals surface area contributed by atoms with E-state index in [0.717, 1.165) is 64.6 Å². The molecule has 2 amide bonds. The first-order chi connectivity index (χ1) is 12.7. The molecule has 0 spiro atoms. The molecule has 0 aliphatic carbocycles. The third-order valence-electron chi connectivity index (χ3n) is 6.62. The maximum atomic E-state index is 13.4. The molecule has 0 aromatic rings. The normalized spacial score (nSPS) is 29.9. The van der Waals surface area contributed by atoms with Crippen molar-refractivity contribution in [3.05, 3.63) is 0 Å². The molecule has 3 atom stereocenters. The van der Waals surface area contributed by atoms with E-state index in [1.165, 1.54) is 0 Å². The Morgan fingerprint density at radius 2 is 1.41 bits per heavy atom. The van der Waals surface area contributed by atoms with Gasteiger partial charge in [0, 0.05) is 24.7 Å². The van der Waals surface area contributed by atoms with Crippen LogP contribution in [0.4, 0.5) is 0 Å². The first-order valence-corrected chi connectivity index (χ1v) is 11.1. The third-order valence-corrected chi connectivity index (χ3v) is 6.62. The molecule has 27 heavy (non-hydrogen) atoms. The zero-order chi connectivity index (χ0) is 19.8. The number of carbonyl (C=O) groups is 2. The summed E-state index contributed by atoms with van der Waals surface area (Å²) >= 11 is 0. The molecule has 3 saturated heterocycles. The van der Waals surface area contributed by atoms with Crippen LogP contribution in [0, 0.1) is 5.92 Å².